The lowest BCUT2D eigenvalue weighted by atomic mass is 10.1. The molecule has 25 heavy (non-hydrogen) atoms. The number of benzene rings is 2. The number of hydrogen-bond donors (Lipinski definition) is 2. The summed E-state index contributed by atoms with van der Waals surface area (Å²) < 4.78 is 32.6. The second-order valence-corrected chi connectivity index (χ2v) is 7.42. The first-order valence-electron chi connectivity index (χ1n) is 7.86. The Labute approximate surface area is 148 Å². The largest absolute Gasteiger partial charge is 0.492 e. The number of anilines is 1. The molecular formula is C18H22N2O4S. The Balaban J connectivity index is 1.91. The highest BCUT2D eigenvalue weighted by Crippen LogP contribution is 2.20. The Kier molecular flexibility index (Phi) is 6.17. The maximum Gasteiger partial charge on any atom is 0.240 e. The van der Waals surface area contributed by atoms with Crippen LogP contribution in [-0.4, -0.2) is 27.5 Å². The number of hydrogen-bond acceptors (Lipinski definition) is 4. The van der Waals surface area contributed by atoms with Gasteiger partial charge in [-0.05, 0) is 55.3 Å². The number of aryl methyl sites for hydroxylation is 1. The Morgan fingerprint density at radius 3 is 2.40 bits per heavy atom. The number of rotatable bonds is 7. The molecule has 0 aliphatic carbocycles. The van der Waals surface area contributed by atoms with Gasteiger partial charge in [-0.2, -0.15) is 0 Å². The molecule has 6 nitrogen and oxygen atoms in total. The Bertz CT molecular complexity index is 846. The molecule has 7 heteroatoms. The molecule has 2 aromatic carbocycles. The molecule has 0 bridgehead atoms. The van der Waals surface area contributed by atoms with E-state index in [9.17, 15) is 13.2 Å². The number of amides is 1. The van der Waals surface area contributed by atoms with E-state index in [2.05, 4.69) is 10.0 Å². The van der Waals surface area contributed by atoms with E-state index >= 15 is 0 Å². The average molecular weight is 362 g/mol. The van der Waals surface area contributed by atoms with Crippen molar-refractivity contribution in [1.82, 2.24) is 4.72 Å². The molecule has 2 N–H and O–H groups in total. The van der Waals surface area contributed by atoms with Gasteiger partial charge in [-0.25, -0.2) is 13.1 Å². The molecule has 0 fully saturated rings. The van der Waals surface area contributed by atoms with Crippen molar-refractivity contribution in [3.63, 3.8) is 0 Å². The van der Waals surface area contributed by atoms with Crippen molar-refractivity contribution in [3.05, 3.63) is 53.6 Å². The lowest BCUT2D eigenvalue weighted by Crippen LogP contribution is -2.28. The Hall–Kier alpha value is -2.38. The van der Waals surface area contributed by atoms with E-state index in [1.165, 1.54) is 19.1 Å². The molecule has 1 amide bonds. The van der Waals surface area contributed by atoms with Crippen molar-refractivity contribution in [2.75, 3.05) is 18.5 Å². The van der Waals surface area contributed by atoms with Crippen LogP contribution in [-0.2, 0) is 14.8 Å². The van der Waals surface area contributed by atoms with Crippen molar-refractivity contribution < 1.29 is 17.9 Å². The van der Waals surface area contributed by atoms with Gasteiger partial charge in [0.1, 0.15) is 12.4 Å². The maximum atomic E-state index is 12.2. The molecule has 0 saturated heterocycles. The van der Waals surface area contributed by atoms with E-state index in [1.54, 1.807) is 12.1 Å². The Morgan fingerprint density at radius 1 is 1.08 bits per heavy atom. The summed E-state index contributed by atoms with van der Waals surface area (Å²) in [6, 6.07) is 11.7. The number of sulfonamides is 1. The number of ether oxygens (including phenoxy) is 1. The fourth-order valence-corrected chi connectivity index (χ4v) is 3.23. The van der Waals surface area contributed by atoms with Gasteiger partial charge in [0, 0.05) is 19.2 Å². The summed E-state index contributed by atoms with van der Waals surface area (Å²) in [5.74, 6) is 0.538. The molecule has 134 valence electrons. The van der Waals surface area contributed by atoms with Gasteiger partial charge in [0.05, 0.1) is 4.90 Å². The summed E-state index contributed by atoms with van der Waals surface area (Å²) >= 11 is 0. The zero-order chi connectivity index (χ0) is 18.4. The highest BCUT2D eigenvalue weighted by Gasteiger charge is 2.13. The van der Waals surface area contributed by atoms with Crippen molar-refractivity contribution in [2.45, 2.75) is 25.7 Å². The molecule has 0 unspecified atom stereocenters. The minimum absolute atomic E-state index is 0.133. The third-order valence-corrected chi connectivity index (χ3v) is 5.17. The predicted octanol–water partition coefficient (Wildman–Crippen LogP) is 2.62. The number of nitrogens with one attached hydrogen (secondary N) is 2. The molecule has 2 aromatic rings. The monoisotopic (exact) mass is 362 g/mol. The SMILES string of the molecule is CC(=O)Nc1ccc(S(=O)(=O)NCCOc2cccc(C)c2C)cc1. The molecule has 0 atom stereocenters. The molecule has 2 rings (SSSR count). The highest BCUT2D eigenvalue weighted by molar-refractivity contribution is 7.89. The first kappa shape index (κ1) is 19.0. The van der Waals surface area contributed by atoms with Gasteiger partial charge in [-0.15, -0.1) is 0 Å². The second-order valence-electron chi connectivity index (χ2n) is 5.65. The average Bonchev–Trinajstić information content (AvgIpc) is 2.55. The van der Waals surface area contributed by atoms with E-state index < -0.39 is 10.0 Å². The number of carbonyl (C=O) groups is 1. The summed E-state index contributed by atoms with van der Waals surface area (Å²) in [5.41, 5.74) is 2.71. The van der Waals surface area contributed by atoms with Crippen LogP contribution in [0.15, 0.2) is 47.4 Å². The standard InChI is InChI=1S/C18H22N2O4S/c1-13-5-4-6-18(14(13)2)24-12-11-19-25(22,23)17-9-7-16(8-10-17)20-15(3)21/h4-10,19H,11-12H2,1-3H3,(H,20,21). The summed E-state index contributed by atoms with van der Waals surface area (Å²) in [5, 5.41) is 2.59. The summed E-state index contributed by atoms with van der Waals surface area (Å²) in [4.78, 5) is 11.1. The minimum Gasteiger partial charge on any atom is -0.492 e. The van der Waals surface area contributed by atoms with Gasteiger partial charge in [0.2, 0.25) is 15.9 Å². The zero-order valence-corrected chi connectivity index (χ0v) is 15.3. The lowest BCUT2D eigenvalue weighted by molar-refractivity contribution is -0.114. The van der Waals surface area contributed by atoms with Crippen LogP contribution in [0.2, 0.25) is 0 Å². The van der Waals surface area contributed by atoms with Crippen molar-refractivity contribution >= 4 is 21.6 Å². The molecule has 0 aliphatic rings. The third-order valence-electron chi connectivity index (χ3n) is 3.69. The van der Waals surface area contributed by atoms with Crippen LogP contribution in [0.1, 0.15) is 18.1 Å². The topological polar surface area (TPSA) is 84.5 Å². The minimum atomic E-state index is -3.62. The van der Waals surface area contributed by atoms with Gasteiger partial charge >= 0.3 is 0 Å². The smallest absolute Gasteiger partial charge is 0.240 e. The van der Waals surface area contributed by atoms with Crippen LogP contribution in [0.4, 0.5) is 5.69 Å². The summed E-state index contributed by atoms with van der Waals surface area (Å²) in [6.45, 7) is 5.74. The quantitative estimate of drug-likeness (QED) is 0.742. The fraction of sp³-hybridized carbons (Fsp3) is 0.278. The van der Waals surface area contributed by atoms with Crippen molar-refractivity contribution in [1.29, 1.82) is 0 Å². The van der Waals surface area contributed by atoms with Crippen LogP contribution >= 0.6 is 0 Å². The van der Waals surface area contributed by atoms with Crippen molar-refractivity contribution in [3.8, 4) is 5.75 Å². The first-order valence-corrected chi connectivity index (χ1v) is 9.34. The third kappa shape index (κ3) is 5.30. The van der Waals surface area contributed by atoms with E-state index in [0.717, 1.165) is 16.9 Å². The molecule has 0 spiro atoms. The lowest BCUT2D eigenvalue weighted by Gasteiger charge is -2.12. The Morgan fingerprint density at radius 2 is 1.76 bits per heavy atom. The van der Waals surface area contributed by atoms with E-state index in [0.29, 0.717) is 5.69 Å². The highest BCUT2D eigenvalue weighted by atomic mass is 32.2. The van der Waals surface area contributed by atoms with Gasteiger partial charge in [-0.1, -0.05) is 12.1 Å². The fourth-order valence-electron chi connectivity index (χ4n) is 2.22. The normalized spacial score (nSPS) is 11.2. The van der Waals surface area contributed by atoms with Crippen LogP contribution in [0.25, 0.3) is 0 Å². The maximum absolute atomic E-state index is 12.2. The van der Waals surface area contributed by atoms with Crippen LogP contribution in [0, 0.1) is 13.8 Å². The summed E-state index contributed by atoms with van der Waals surface area (Å²) in [7, 11) is -3.62. The van der Waals surface area contributed by atoms with E-state index in [-0.39, 0.29) is 24.0 Å². The van der Waals surface area contributed by atoms with Gasteiger partial charge < -0.3 is 10.1 Å². The first-order chi connectivity index (χ1) is 11.8. The molecule has 0 heterocycles. The predicted molar refractivity (Wildman–Crippen MR) is 97.3 cm³/mol. The molecule has 0 saturated carbocycles. The molecule has 0 radical (unpaired) electrons. The second kappa shape index (κ2) is 8.13. The van der Waals surface area contributed by atoms with Crippen LogP contribution in [0.3, 0.4) is 0 Å². The van der Waals surface area contributed by atoms with Gasteiger partial charge in [-0.3, -0.25) is 4.79 Å². The van der Waals surface area contributed by atoms with Crippen molar-refractivity contribution in [2.24, 2.45) is 0 Å². The molecular weight excluding hydrogens is 340 g/mol. The van der Waals surface area contributed by atoms with Gasteiger partial charge in [0.15, 0.2) is 0 Å². The van der Waals surface area contributed by atoms with E-state index in [4.69, 9.17) is 4.74 Å². The van der Waals surface area contributed by atoms with E-state index in [1.807, 2.05) is 32.0 Å². The molecule has 0 aliphatic heterocycles. The summed E-state index contributed by atoms with van der Waals surface area (Å²) in [6.07, 6.45) is 0. The van der Waals surface area contributed by atoms with Crippen LogP contribution < -0.4 is 14.8 Å². The number of carbonyl (C=O) groups excluding carboxylic acids is 1. The molecule has 0 aromatic heterocycles. The van der Waals surface area contributed by atoms with Gasteiger partial charge in [0.25, 0.3) is 0 Å². The zero-order valence-electron chi connectivity index (χ0n) is 14.5. The van der Waals surface area contributed by atoms with Crippen LogP contribution in [0.5, 0.6) is 5.75 Å².